The summed E-state index contributed by atoms with van der Waals surface area (Å²) < 4.78 is 0. The van der Waals surface area contributed by atoms with Crippen LogP contribution in [0.15, 0.2) is 18.2 Å². The maximum absolute atomic E-state index is 5.72. The molecule has 0 saturated heterocycles. The first-order chi connectivity index (χ1) is 7.66. The third-order valence-corrected chi connectivity index (χ3v) is 3.23. The Morgan fingerprint density at radius 2 is 2.25 bits per heavy atom. The molecule has 0 radical (unpaired) electrons. The van der Waals surface area contributed by atoms with Crippen molar-refractivity contribution in [2.45, 2.75) is 26.2 Å². The Kier molecular flexibility index (Phi) is 3.44. The van der Waals surface area contributed by atoms with E-state index in [-0.39, 0.29) is 0 Å². The molecule has 1 saturated carbocycles. The second kappa shape index (κ2) is 4.83. The van der Waals surface area contributed by atoms with Crippen LogP contribution in [-0.2, 0) is 0 Å². The molecule has 0 unspecified atom stereocenters. The van der Waals surface area contributed by atoms with Crippen LogP contribution in [0.5, 0.6) is 0 Å². The summed E-state index contributed by atoms with van der Waals surface area (Å²) in [5.74, 6) is 0.950. The van der Waals surface area contributed by atoms with Gasteiger partial charge >= 0.3 is 0 Å². The molecule has 0 spiro atoms. The molecule has 2 nitrogen and oxygen atoms in total. The average Bonchev–Trinajstić information content (AvgIpc) is 3.04. The number of benzene rings is 1. The van der Waals surface area contributed by atoms with E-state index < -0.39 is 0 Å². The summed E-state index contributed by atoms with van der Waals surface area (Å²) in [7, 11) is 0. The van der Waals surface area contributed by atoms with Crippen molar-refractivity contribution in [3.8, 4) is 0 Å². The van der Waals surface area contributed by atoms with Gasteiger partial charge in [0.25, 0.3) is 0 Å². The van der Waals surface area contributed by atoms with E-state index in [1.54, 1.807) is 0 Å². The van der Waals surface area contributed by atoms with Crippen molar-refractivity contribution in [3.05, 3.63) is 29.3 Å². The van der Waals surface area contributed by atoms with Gasteiger partial charge in [0.1, 0.15) is 4.99 Å². The molecule has 0 heterocycles. The Labute approximate surface area is 102 Å². The van der Waals surface area contributed by atoms with E-state index in [2.05, 4.69) is 24.4 Å². The van der Waals surface area contributed by atoms with Crippen LogP contribution in [0.1, 0.15) is 30.4 Å². The first kappa shape index (κ1) is 11.4. The molecule has 0 atom stereocenters. The zero-order valence-electron chi connectivity index (χ0n) is 9.62. The van der Waals surface area contributed by atoms with Crippen molar-refractivity contribution in [1.29, 1.82) is 0 Å². The van der Waals surface area contributed by atoms with Crippen LogP contribution in [0.4, 0.5) is 5.69 Å². The number of nitrogens with two attached hydrogens (primary N) is 1. The van der Waals surface area contributed by atoms with E-state index >= 15 is 0 Å². The normalized spacial score (nSPS) is 14.8. The number of rotatable bonds is 5. The summed E-state index contributed by atoms with van der Waals surface area (Å²) in [6, 6.07) is 6.19. The number of anilines is 1. The largest absolute Gasteiger partial charge is 0.389 e. The number of thiocarbonyl (C=S) groups is 1. The molecular formula is C13H18N2S. The lowest BCUT2D eigenvalue weighted by Gasteiger charge is -2.11. The van der Waals surface area contributed by atoms with E-state index in [0.717, 1.165) is 23.7 Å². The van der Waals surface area contributed by atoms with Crippen LogP contribution in [0.2, 0.25) is 0 Å². The summed E-state index contributed by atoms with van der Waals surface area (Å²) in [6.45, 7) is 3.07. The summed E-state index contributed by atoms with van der Waals surface area (Å²) in [5, 5.41) is 3.43. The Bertz CT molecular complexity index is 397. The molecule has 0 bridgehead atoms. The second-order valence-corrected chi connectivity index (χ2v) is 5.01. The molecule has 1 aromatic carbocycles. The third kappa shape index (κ3) is 2.95. The highest BCUT2D eigenvalue weighted by molar-refractivity contribution is 7.80. The van der Waals surface area contributed by atoms with E-state index in [1.165, 1.54) is 24.8 Å². The maximum Gasteiger partial charge on any atom is 0.106 e. The Balaban J connectivity index is 2.02. The Morgan fingerprint density at radius 3 is 2.88 bits per heavy atom. The first-order valence-electron chi connectivity index (χ1n) is 5.81. The molecule has 86 valence electrons. The Morgan fingerprint density at radius 1 is 1.50 bits per heavy atom. The highest BCUT2D eigenvalue weighted by atomic mass is 32.1. The minimum atomic E-state index is 0.470. The molecule has 1 aliphatic rings. The predicted molar refractivity (Wildman–Crippen MR) is 72.9 cm³/mol. The molecule has 1 aromatic rings. The minimum Gasteiger partial charge on any atom is -0.389 e. The maximum atomic E-state index is 5.72. The highest BCUT2D eigenvalue weighted by Crippen LogP contribution is 2.32. The van der Waals surface area contributed by atoms with Gasteiger partial charge in [-0.15, -0.1) is 0 Å². The monoisotopic (exact) mass is 234 g/mol. The molecule has 1 fully saturated rings. The highest BCUT2D eigenvalue weighted by Gasteiger charge is 2.20. The fraction of sp³-hybridized carbons (Fsp3) is 0.462. The predicted octanol–water partition coefficient (Wildman–Crippen LogP) is 2.84. The lowest BCUT2D eigenvalue weighted by Crippen LogP contribution is -2.14. The van der Waals surface area contributed by atoms with Crippen molar-refractivity contribution in [3.63, 3.8) is 0 Å². The lowest BCUT2D eigenvalue weighted by atomic mass is 10.1. The molecule has 0 aromatic heterocycles. The van der Waals surface area contributed by atoms with Gasteiger partial charge in [-0.05, 0) is 31.4 Å². The van der Waals surface area contributed by atoms with Crippen LogP contribution < -0.4 is 11.1 Å². The minimum absolute atomic E-state index is 0.470. The third-order valence-electron chi connectivity index (χ3n) is 3.01. The summed E-state index contributed by atoms with van der Waals surface area (Å²) in [5.41, 5.74) is 8.94. The molecule has 16 heavy (non-hydrogen) atoms. The van der Waals surface area contributed by atoms with Gasteiger partial charge in [-0.3, -0.25) is 0 Å². The van der Waals surface area contributed by atoms with Crippen molar-refractivity contribution in [2.75, 3.05) is 11.9 Å². The molecule has 3 N–H and O–H groups in total. The van der Waals surface area contributed by atoms with Crippen LogP contribution >= 0.6 is 12.2 Å². The first-order valence-corrected chi connectivity index (χ1v) is 6.22. The van der Waals surface area contributed by atoms with E-state index in [9.17, 15) is 0 Å². The van der Waals surface area contributed by atoms with Gasteiger partial charge < -0.3 is 11.1 Å². The van der Waals surface area contributed by atoms with Gasteiger partial charge in [0, 0.05) is 17.8 Å². The van der Waals surface area contributed by atoms with Crippen molar-refractivity contribution in [1.82, 2.24) is 0 Å². The SMILES string of the molecule is Cc1ccc(NCCC2CC2)c(C(N)=S)c1. The van der Waals surface area contributed by atoms with E-state index in [4.69, 9.17) is 18.0 Å². The summed E-state index contributed by atoms with van der Waals surface area (Å²) in [6.07, 6.45) is 4.06. The average molecular weight is 234 g/mol. The molecule has 3 heteroatoms. The molecule has 1 aliphatic carbocycles. The van der Waals surface area contributed by atoms with Gasteiger partial charge in [-0.25, -0.2) is 0 Å². The second-order valence-electron chi connectivity index (χ2n) is 4.57. The molecule has 0 amide bonds. The molecule has 2 rings (SSSR count). The van der Waals surface area contributed by atoms with Crippen LogP contribution in [0, 0.1) is 12.8 Å². The van der Waals surface area contributed by atoms with Crippen LogP contribution in [0.25, 0.3) is 0 Å². The van der Waals surface area contributed by atoms with Gasteiger partial charge in [0.15, 0.2) is 0 Å². The van der Waals surface area contributed by atoms with E-state index in [1.807, 2.05) is 6.07 Å². The zero-order chi connectivity index (χ0) is 11.5. The summed E-state index contributed by atoms with van der Waals surface area (Å²) in [4.78, 5) is 0.470. The van der Waals surface area contributed by atoms with Crippen LogP contribution in [-0.4, -0.2) is 11.5 Å². The zero-order valence-corrected chi connectivity index (χ0v) is 10.4. The van der Waals surface area contributed by atoms with Gasteiger partial charge in [0.2, 0.25) is 0 Å². The number of hydrogen-bond acceptors (Lipinski definition) is 2. The number of hydrogen-bond donors (Lipinski definition) is 2. The topological polar surface area (TPSA) is 38.0 Å². The number of aryl methyl sites for hydroxylation is 1. The fourth-order valence-corrected chi connectivity index (χ4v) is 2.00. The van der Waals surface area contributed by atoms with Crippen molar-refractivity contribution >= 4 is 22.9 Å². The molecular weight excluding hydrogens is 216 g/mol. The quantitative estimate of drug-likeness (QED) is 0.769. The number of nitrogens with one attached hydrogen (secondary N) is 1. The van der Waals surface area contributed by atoms with Gasteiger partial charge in [-0.2, -0.15) is 0 Å². The standard InChI is InChI=1S/C13H18N2S/c1-9-2-5-12(11(8-9)13(14)16)15-7-6-10-3-4-10/h2,5,8,10,15H,3-4,6-7H2,1H3,(H2,14,16). The Hall–Kier alpha value is -1.09. The smallest absolute Gasteiger partial charge is 0.106 e. The fourth-order valence-electron chi connectivity index (χ4n) is 1.83. The van der Waals surface area contributed by atoms with Crippen molar-refractivity contribution < 1.29 is 0 Å². The summed E-state index contributed by atoms with van der Waals surface area (Å²) >= 11 is 5.06. The van der Waals surface area contributed by atoms with Gasteiger partial charge in [0.05, 0.1) is 0 Å². The van der Waals surface area contributed by atoms with Crippen LogP contribution in [0.3, 0.4) is 0 Å². The van der Waals surface area contributed by atoms with Gasteiger partial charge in [-0.1, -0.05) is 36.7 Å². The molecule has 0 aliphatic heterocycles. The van der Waals surface area contributed by atoms with E-state index in [0.29, 0.717) is 4.99 Å². The van der Waals surface area contributed by atoms with Crippen molar-refractivity contribution in [2.24, 2.45) is 11.7 Å². The lowest BCUT2D eigenvalue weighted by molar-refractivity contribution is 0.760.